The largest absolute Gasteiger partial charge is 0.451 e. The smallest absolute Gasteiger partial charge is 0.291 e. The van der Waals surface area contributed by atoms with Gasteiger partial charge in [0.25, 0.3) is 5.91 Å². The van der Waals surface area contributed by atoms with Crippen molar-refractivity contribution in [2.45, 2.75) is 25.7 Å². The zero-order valence-corrected chi connectivity index (χ0v) is 16.8. The Balaban J connectivity index is 2.03. The van der Waals surface area contributed by atoms with Crippen molar-refractivity contribution >= 4 is 32.6 Å². The van der Waals surface area contributed by atoms with E-state index in [9.17, 15) is 13.2 Å². The van der Waals surface area contributed by atoms with E-state index in [-0.39, 0.29) is 10.7 Å². The fourth-order valence-corrected chi connectivity index (χ4v) is 3.90. The van der Waals surface area contributed by atoms with Gasteiger partial charge in [-0.2, -0.15) is 0 Å². The highest BCUT2D eigenvalue weighted by molar-refractivity contribution is 7.89. The summed E-state index contributed by atoms with van der Waals surface area (Å²) in [7, 11) is -0.664. The number of nitrogens with zero attached hydrogens (tertiary/aromatic N) is 1. The molecule has 1 amide bonds. The van der Waals surface area contributed by atoms with E-state index < -0.39 is 15.9 Å². The molecule has 6 nitrogen and oxygen atoms in total. The predicted molar refractivity (Wildman–Crippen MR) is 106 cm³/mol. The highest BCUT2D eigenvalue weighted by Gasteiger charge is 2.22. The van der Waals surface area contributed by atoms with Gasteiger partial charge in [0.15, 0.2) is 5.76 Å². The third-order valence-corrected chi connectivity index (χ3v) is 6.51. The molecule has 0 aliphatic rings. The molecule has 0 fully saturated rings. The van der Waals surface area contributed by atoms with Crippen molar-refractivity contribution in [2.24, 2.45) is 0 Å². The average molecular weight is 386 g/mol. The average Bonchev–Trinajstić information content (AvgIpc) is 2.95. The summed E-state index contributed by atoms with van der Waals surface area (Å²) in [5.41, 5.74) is 3.40. The first-order chi connectivity index (χ1) is 12.6. The van der Waals surface area contributed by atoms with Crippen molar-refractivity contribution in [2.75, 3.05) is 19.4 Å². The number of sulfonamides is 1. The predicted octanol–water partition coefficient (Wildman–Crippen LogP) is 3.86. The van der Waals surface area contributed by atoms with Gasteiger partial charge < -0.3 is 9.73 Å². The number of nitrogens with one attached hydrogen (secondary N) is 1. The summed E-state index contributed by atoms with van der Waals surface area (Å²) in [5, 5.41) is 3.68. The number of anilines is 1. The lowest BCUT2D eigenvalue weighted by atomic mass is 10.1. The normalized spacial score (nSPS) is 11.9. The maximum Gasteiger partial charge on any atom is 0.291 e. The summed E-state index contributed by atoms with van der Waals surface area (Å²) in [6, 6.07) is 10.5. The second-order valence-corrected chi connectivity index (χ2v) is 8.86. The first-order valence-electron chi connectivity index (χ1n) is 8.46. The highest BCUT2D eigenvalue weighted by atomic mass is 32.2. The number of hydrogen-bond acceptors (Lipinski definition) is 4. The Kier molecular flexibility index (Phi) is 4.84. The number of benzene rings is 2. The highest BCUT2D eigenvalue weighted by Crippen LogP contribution is 2.28. The van der Waals surface area contributed by atoms with Crippen LogP contribution in [-0.4, -0.2) is 32.7 Å². The van der Waals surface area contributed by atoms with Crippen LogP contribution >= 0.6 is 0 Å². The van der Waals surface area contributed by atoms with Gasteiger partial charge in [0.05, 0.1) is 4.90 Å². The Bertz CT molecular complexity index is 1140. The van der Waals surface area contributed by atoms with Gasteiger partial charge in [0.1, 0.15) is 5.58 Å². The van der Waals surface area contributed by atoms with Gasteiger partial charge in [0, 0.05) is 30.7 Å². The zero-order valence-electron chi connectivity index (χ0n) is 16.0. The van der Waals surface area contributed by atoms with Crippen LogP contribution in [0.1, 0.15) is 27.2 Å². The van der Waals surface area contributed by atoms with E-state index in [1.807, 2.05) is 39.0 Å². The molecule has 0 aliphatic carbocycles. The number of carbonyl (C=O) groups excluding carboxylic acids is 1. The Labute approximate surface area is 158 Å². The van der Waals surface area contributed by atoms with Crippen molar-refractivity contribution in [3.05, 3.63) is 58.8 Å². The van der Waals surface area contributed by atoms with Gasteiger partial charge in [-0.25, -0.2) is 12.7 Å². The molecule has 1 N–H and O–H groups in total. The number of hydrogen-bond donors (Lipinski definition) is 1. The van der Waals surface area contributed by atoms with E-state index in [4.69, 9.17) is 4.42 Å². The lowest BCUT2D eigenvalue weighted by molar-refractivity contribution is 0.0997. The second kappa shape index (κ2) is 6.83. The number of carbonyl (C=O) groups is 1. The van der Waals surface area contributed by atoms with Crippen LogP contribution in [0, 0.1) is 20.8 Å². The van der Waals surface area contributed by atoms with Crippen molar-refractivity contribution in [3.8, 4) is 0 Å². The minimum absolute atomic E-state index is 0.132. The van der Waals surface area contributed by atoms with Crippen molar-refractivity contribution < 1.29 is 17.6 Å². The molecule has 0 spiro atoms. The van der Waals surface area contributed by atoms with Crippen molar-refractivity contribution in [1.82, 2.24) is 4.31 Å². The van der Waals surface area contributed by atoms with Crippen LogP contribution < -0.4 is 5.32 Å². The molecular weight excluding hydrogens is 364 g/mol. The first-order valence-corrected chi connectivity index (χ1v) is 9.90. The van der Waals surface area contributed by atoms with E-state index in [0.717, 1.165) is 26.4 Å². The van der Waals surface area contributed by atoms with E-state index >= 15 is 0 Å². The van der Waals surface area contributed by atoms with Crippen LogP contribution in [0.15, 0.2) is 45.7 Å². The lowest BCUT2D eigenvalue weighted by Gasteiger charge is -2.16. The number of amides is 1. The Morgan fingerprint density at radius 3 is 2.33 bits per heavy atom. The standard InChI is InChI=1S/C20H22N2O4S/c1-12-10-15(27(24,25)22(4)5)11-17(13(12)2)21-20(23)19-14(3)16-8-6-7-9-18(16)26-19/h6-11H,1-5H3,(H,21,23). The summed E-state index contributed by atoms with van der Waals surface area (Å²) in [6.45, 7) is 5.47. The first kappa shape index (κ1) is 19.1. The van der Waals surface area contributed by atoms with Crippen LogP contribution in [0.4, 0.5) is 5.69 Å². The molecule has 0 radical (unpaired) electrons. The molecule has 0 bridgehead atoms. The second-order valence-electron chi connectivity index (χ2n) is 6.71. The molecule has 3 rings (SSSR count). The molecular formula is C20H22N2O4S. The fraction of sp³-hybridized carbons (Fsp3) is 0.250. The van der Waals surface area contributed by atoms with Gasteiger partial charge in [0.2, 0.25) is 10.0 Å². The molecule has 0 saturated carbocycles. The molecule has 3 aromatic rings. The van der Waals surface area contributed by atoms with Crippen LogP contribution in [0.2, 0.25) is 0 Å². The molecule has 0 atom stereocenters. The molecule has 0 aliphatic heterocycles. The quantitative estimate of drug-likeness (QED) is 0.738. The molecule has 1 aromatic heterocycles. The number of furan rings is 1. The summed E-state index contributed by atoms with van der Waals surface area (Å²) in [5.74, 6) is -0.195. The Hall–Kier alpha value is -2.64. The topological polar surface area (TPSA) is 79.6 Å². The van der Waals surface area contributed by atoms with Crippen LogP contribution in [0.25, 0.3) is 11.0 Å². The van der Waals surface area contributed by atoms with Gasteiger partial charge >= 0.3 is 0 Å². The summed E-state index contributed by atoms with van der Waals surface area (Å²) < 4.78 is 31.8. The number of fused-ring (bicyclic) bond motifs is 1. The number of aryl methyl sites for hydroxylation is 2. The van der Waals surface area contributed by atoms with Gasteiger partial charge in [-0.05, 0) is 50.1 Å². The van der Waals surface area contributed by atoms with Gasteiger partial charge in [-0.15, -0.1) is 0 Å². The molecule has 1 heterocycles. The van der Waals surface area contributed by atoms with Crippen LogP contribution in [0.3, 0.4) is 0 Å². The summed E-state index contributed by atoms with van der Waals surface area (Å²) in [4.78, 5) is 12.9. The van der Waals surface area contributed by atoms with Crippen LogP contribution in [-0.2, 0) is 10.0 Å². The maximum atomic E-state index is 12.8. The minimum atomic E-state index is -3.61. The Morgan fingerprint density at radius 2 is 1.70 bits per heavy atom. The molecule has 0 unspecified atom stereocenters. The molecule has 142 valence electrons. The zero-order chi connectivity index (χ0) is 19.9. The van der Waals surface area contributed by atoms with Crippen molar-refractivity contribution in [3.63, 3.8) is 0 Å². The minimum Gasteiger partial charge on any atom is -0.451 e. The summed E-state index contributed by atoms with van der Waals surface area (Å²) in [6.07, 6.45) is 0. The van der Waals surface area contributed by atoms with Gasteiger partial charge in [-0.3, -0.25) is 4.79 Å². The Morgan fingerprint density at radius 1 is 1.04 bits per heavy atom. The molecule has 0 saturated heterocycles. The van der Waals surface area contributed by atoms with Gasteiger partial charge in [-0.1, -0.05) is 18.2 Å². The number of rotatable bonds is 4. The van der Waals surface area contributed by atoms with E-state index in [2.05, 4.69) is 5.32 Å². The molecule has 7 heteroatoms. The SMILES string of the molecule is Cc1cc(S(=O)(=O)N(C)C)cc(NC(=O)c2oc3ccccc3c2C)c1C. The monoisotopic (exact) mass is 386 g/mol. The third kappa shape index (κ3) is 3.36. The molecule has 27 heavy (non-hydrogen) atoms. The van der Waals surface area contributed by atoms with E-state index in [1.54, 1.807) is 12.1 Å². The lowest BCUT2D eigenvalue weighted by Crippen LogP contribution is -2.23. The van der Waals surface area contributed by atoms with E-state index in [0.29, 0.717) is 11.3 Å². The summed E-state index contributed by atoms with van der Waals surface area (Å²) >= 11 is 0. The third-order valence-electron chi connectivity index (χ3n) is 4.72. The van der Waals surface area contributed by atoms with Crippen molar-refractivity contribution in [1.29, 1.82) is 0 Å². The molecule has 2 aromatic carbocycles. The fourth-order valence-electron chi connectivity index (χ4n) is 2.89. The maximum absolute atomic E-state index is 12.8. The van der Waals surface area contributed by atoms with Crippen LogP contribution in [0.5, 0.6) is 0 Å². The van der Waals surface area contributed by atoms with E-state index in [1.165, 1.54) is 20.2 Å². The number of para-hydroxylation sites is 1.